The predicted octanol–water partition coefficient (Wildman–Crippen LogP) is 0.538. The third kappa shape index (κ3) is 1.68. The van der Waals surface area contributed by atoms with E-state index in [1.54, 1.807) is 12.1 Å². The van der Waals surface area contributed by atoms with Crippen molar-refractivity contribution < 1.29 is 9.47 Å². The molecule has 0 aliphatic carbocycles. The number of rotatable bonds is 2. The van der Waals surface area contributed by atoms with Crippen molar-refractivity contribution in [3.63, 3.8) is 0 Å². The van der Waals surface area contributed by atoms with Gasteiger partial charge in [-0.2, -0.15) is 10.5 Å². The first-order valence-electron chi connectivity index (χ1n) is 2.42. The van der Waals surface area contributed by atoms with E-state index in [1.807, 2.05) is 0 Å². The Kier molecular flexibility index (Phi) is 3.51. The van der Waals surface area contributed by atoms with Crippen LogP contribution in [0.25, 0.3) is 0 Å². The molecule has 0 saturated heterocycles. The summed E-state index contributed by atoms with van der Waals surface area (Å²) in [5.74, 6) is -0.0509. The van der Waals surface area contributed by atoms with Crippen LogP contribution in [0.3, 0.4) is 0 Å². The lowest BCUT2D eigenvalue weighted by Gasteiger charge is -2.00. The monoisotopic (exact) mass is 138 g/mol. The summed E-state index contributed by atoms with van der Waals surface area (Å²) in [6, 6.07) is 3.24. The first-order valence-corrected chi connectivity index (χ1v) is 2.42. The van der Waals surface area contributed by atoms with Gasteiger partial charge in [0.15, 0.2) is 0 Å². The molecule has 4 heteroatoms. The number of hydrogen-bond donors (Lipinski definition) is 0. The number of nitriles is 2. The quantitative estimate of drug-likeness (QED) is 0.412. The van der Waals surface area contributed by atoms with Crippen molar-refractivity contribution in [3.8, 4) is 12.1 Å². The molecular weight excluding hydrogens is 132 g/mol. The fraction of sp³-hybridized carbons (Fsp3) is 0.333. The standard InChI is InChI=1S/C6H6N2O2/c1-9-6(10-2)5(3-7)4-8/h1-2H3. The first-order chi connectivity index (χ1) is 4.79. The SMILES string of the molecule is COC(OC)=C(C#N)C#N. The maximum Gasteiger partial charge on any atom is 0.308 e. The Bertz CT molecular complexity index is 197. The van der Waals surface area contributed by atoms with E-state index >= 15 is 0 Å². The Morgan fingerprint density at radius 3 is 1.60 bits per heavy atom. The molecule has 10 heavy (non-hydrogen) atoms. The van der Waals surface area contributed by atoms with Gasteiger partial charge in [0, 0.05) is 0 Å². The van der Waals surface area contributed by atoms with Gasteiger partial charge in [-0.05, 0) is 0 Å². The molecule has 0 spiro atoms. The molecule has 0 amide bonds. The minimum absolute atomic E-state index is 0.0509. The summed E-state index contributed by atoms with van der Waals surface area (Å²) in [4.78, 5) is 0. The van der Waals surface area contributed by atoms with Crippen LogP contribution >= 0.6 is 0 Å². The van der Waals surface area contributed by atoms with Gasteiger partial charge in [-0.15, -0.1) is 0 Å². The zero-order chi connectivity index (χ0) is 7.98. The van der Waals surface area contributed by atoms with E-state index in [2.05, 4.69) is 9.47 Å². The summed E-state index contributed by atoms with van der Waals surface area (Å²) >= 11 is 0. The summed E-state index contributed by atoms with van der Waals surface area (Å²) in [7, 11) is 2.65. The molecule has 0 bridgehead atoms. The van der Waals surface area contributed by atoms with E-state index in [1.165, 1.54) is 14.2 Å². The summed E-state index contributed by atoms with van der Waals surface area (Å²) < 4.78 is 9.11. The third-order valence-electron chi connectivity index (χ3n) is 0.799. The Balaban J connectivity index is 4.62. The molecule has 0 radical (unpaired) electrons. The molecule has 0 aromatic rings. The average molecular weight is 138 g/mol. The van der Waals surface area contributed by atoms with E-state index in [4.69, 9.17) is 10.5 Å². The summed E-state index contributed by atoms with van der Waals surface area (Å²) in [6.45, 7) is 0. The van der Waals surface area contributed by atoms with Crippen LogP contribution in [0.2, 0.25) is 0 Å². The molecule has 0 aliphatic heterocycles. The minimum atomic E-state index is -0.162. The van der Waals surface area contributed by atoms with E-state index in [0.29, 0.717) is 0 Å². The van der Waals surface area contributed by atoms with Crippen LogP contribution in [0.4, 0.5) is 0 Å². The van der Waals surface area contributed by atoms with Gasteiger partial charge in [0.25, 0.3) is 0 Å². The van der Waals surface area contributed by atoms with Crippen molar-refractivity contribution >= 4 is 0 Å². The molecule has 0 N–H and O–H groups in total. The van der Waals surface area contributed by atoms with Crippen molar-refractivity contribution in [2.24, 2.45) is 0 Å². The maximum absolute atomic E-state index is 8.27. The van der Waals surface area contributed by atoms with E-state index in [0.717, 1.165) is 0 Å². The molecule has 4 nitrogen and oxygen atoms in total. The number of ether oxygens (including phenoxy) is 2. The van der Waals surface area contributed by atoms with Gasteiger partial charge < -0.3 is 9.47 Å². The topological polar surface area (TPSA) is 66.0 Å². The predicted molar refractivity (Wildman–Crippen MR) is 32.3 cm³/mol. The summed E-state index contributed by atoms with van der Waals surface area (Å²) in [6.07, 6.45) is 0. The van der Waals surface area contributed by atoms with Gasteiger partial charge in [-0.1, -0.05) is 0 Å². The number of methoxy groups -OCH3 is 2. The van der Waals surface area contributed by atoms with Gasteiger partial charge in [0.1, 0.15) is 12.1 Å². The van der Waals surface area contributed by atoms with E-state index in [-0.39, 0.29) is 11.5 Å². The van der Waals surface area contributed by atoms with Crippen molar-refractivity contribution in [2.75, 3.05) is 14.2 Å². The van der Waals surface area contributed by atoms with Crippen LogP contribution in [0, 0.1) is 22.7 Å². The van der Waals surface area contributed by atoms with Gasteiger partial charge >= 0.3 is 5.95 Å². The van der Waals surface area contributed by atoms with Crippen molar-refractivity contribution in [3.05, 3.63) is 11.5 Å². The lowest BCUT2D eigenvalue weighted by atomic mass is 10.3. The first kappa shape index (κ1) is 8.32. The molecule has 0 fully saturated rings. The Morgan fingerprint density at radius 2 is 1.50 bits per heavy atom. The number of allylic oxidation sites excluding steroid dienone is 1. The van der Waals surface area contributed by atoms with Crippen molar-refractivity contribution in [2.45, 2.75) is 0 Å². The molecular formula is C6H6N2O2. The van der Waals surface area contributed by atoms with Crippen LogP contribution in [-0.2, 0) is 9.47 Å². The second-order valence-electron chi connectivity index (χ2n) is 1.29. The zero-order valence-electron chi connectivity index (χ0n) is 5.71. The van der Waals surface area contributed by atoms with Gasteiger partial charge in [0.05, 0.1) is 14.2 Å². The van der Waals surface area contributed by atoms with Gasteiger partial charge in [-0.25, -0.2) is 0 Å². The lowest BCUT2D eigenvalue weighted by Crippen LogP contribution is -1.93. The maximum atomic E-state index is 8.27. The zero-order valence-corrected chi connectivity index (χ0v) is 5.71. The van der Waals surface area contributed by atoms with Gasteiger partial charge in [-0.3, -0.25) is 0 Å². The molecule has 0 aliphatic rings. The molecule has 0 aromatic carbocycles. The second-order valence-corrected chi connectivity index (χ2v) is 1.29. The summed E-state index contributed by atoms with van der Waals surface area (Å²) in [5, 5.41) is 16.5. The van der Waals surface area contributed by atoms with Crippen LogP contribution < -0.4 is 0 Å². The highest BCUT2D eigenvalue weighted by molar-refractivity contribution is 5.35. The summed E-state index contributed by atoms with van der Waals surface area (Å²) in [5.41, 5.74) is -0.162. The van der Waals surface area contributed by atoms with E-state index < -0.39 is 0 Å². The van der Waals surface area contributed by atoms with Crippen LogP contribution in [0.15, 0.2) is 11.5 Å². The largest absolute Gasteiger partial charge is 0.467 e. The molecule has 0 aromatic heterocycles. The molecule has 52 valence electrons. The van der Waals surface area contributed by atoms with Crippen molar-refractivity contribution in [1.82, 2.24) is 0 Å². The smallest absolute Gasteiger partial charge is 0.308 e. The van der Waals surface area contributed by atoms with Gasteiger partial charge in [0.2, 0.25) is 5.57 Å². The second kappa shape index (κ2) is 4.22. The van der Waals surface area contributed by atoms with E-state index in [9.17, 15) is 0 Å². The normalized spacial score (nSPS) is 6.80. The molecule has 0 rings (SSSR count). The Hall–Kier alpha value is -1.68. The third-order valence-corrected chi connectivity index (χ3v) is 0.799. The molecule has 0 saturated carbocycles. The number of hydrogen-bond acceptors (Lipinski definition) is 4. The highest BCUT2D eigenvalue weighted by Gasteiger charge is 2.04. The average Bonchev–Trinajstić information content (AvgIpc) is 2.00. The fourth-order valence-electron chi connectivity index (χ4n) is 0.404. The minimum Gasteiger partial charge on any atom is -0.467 e. The highest BCUT2D eigenvalue weighted by Crippen LogP contribution is 2.02. The molecule has 0 unspecified atom stereocenters. The number of nitrogens with zero attached hydrogens (tertiary/aromatic N) is 2. The van der Waals surface area contributed by atoms with Crippen LogP contribution in [0.5, 0.6) is 0 Å². The molecule has 0 heterocycles. The Morgan fingerprint density at radius 1 is 1.10 bits per heavy atom. The van der Waals surface area contributed by atoms with Crippen molar-refractivity contribution in [1.29, 1.82) is 10.5 Å². The lowest BCUT2D eigenvalue weighted by molar-refractivity contribution is 0.0936. The Labute approximate surface area is 58.9 Å². The highest BCUT2D eigenvalue weighted by atomic mass is 16.7. The molecule has 0 atom stereocenters. The van der Waals surface area contributed by atoms with Crippen LogP contribution in [0.1, 0.15) is 0 Å². The van der Waals surface area contributed by atoms with Crippen LogP contribution in [-0.4, -0.2) is 14.2 Å². The fourth-order valence-corrected chi connectivity index (χ4v) is 0.404.